The van der Waals surface area contributed by atoms with Gasteiger partial charge in [0.25, 0.3) is 0 Å². The van der Waals surface area contributed by atoms with Crippen LogP contribution in [0.25, 0.3) is 0 Å². The third-order valence-corrected chi connectivity index (χ3v) is 5.19. The van der Waals surface area contributed by atoms with Crippen LogP contribution in [0.5, 0.6) is 0 Å². The fraction of sp³-hybridized carbons (Fsp3) is 0.792. The van der Waals surface area contributed by atoms with E-state index in [1.807, 2.05) is 20.8 Å². The zero-order valence-electron chi connectivity index (χ0n) is 22.9. The molecule has 0 aromatic carbocycles. The lowest BCUT2D eigenvalue weighted by Crippen LogP contribution is -2.60. The second-order valence-corrected chi connectivity index (χ2v) is 11.7. The van der Waals surface area contributed by atoms with Crippen LogP contribution in [0.1, 0.15) is 68.2 Å². The van der Waals surface area contributed by atoms with Gasteiger partial charge in [0.2, 0.25) is 23.6 Å². The van der Waals surface area contributed by atoms with Crippen LogP contribution in [0.2, 0.25) is 0 Å². The van der Waals surface area contributed by atoms with Crippen molar-refractivity contribution in [3.8, 4) is 0 Å². The highest BCUT2D eigenvalue weighted by Gasteiger charge is 2.42. The zero-order chi connectivity index (χ0) is 27.4. The van der Waals surface area contributed by atoms with Crippen LogP contribution in [0.15, 0.2) is 0 Å². The lowest BCUT2D eigenvalue weighted by atomic mass is 10.0. The highest BCUT2D eigenvalue weighted by molar-refractivity contribution is 5.96. The lowest BCUT2D eigenvalue weighted by molar-refractivity contribution is -0.145. The topological polar surface area (TPSA) is 128 Å². The summed E-state index contributed by atoms with van der Waals surface area (Å²) in [4.78, 5) is 66.9. The minimum absolute atomic E-state index is 0.218. The first-order valence-electron chi connectivity index (χ1n) is 11.9. The van der Waals surface area contributed by atoms with Crippen molar-refractivity contribution in [2.75, 3.05) is 33.7 Å². The molecule has 11 nitrogen and oxygen atoms in total. The summed E-state index contributed by atoms with van der Waals surface area (Å²) in [6, 6.07) is -0.592. The predicted molar refractivity (Wildman–Crippen MR) is 131 cm³/mol. The molecular formula is C24H43N5O6. The summed E-state index contributed by atoms with van der Waals surface area (Å²) in [5, 5.41) is 5.58. The number of amides is 5. The van der Waals surface area contributed by atoms with E-state index in [4.69, 9.17) is 4.74 Å². The fourth-order valence-electron chi connectivity index (χ4n) is 3.57. The summed E-state index contributed by atoms with van der Waals surface area (Å²) >= 11 is 0. The van der Waals surface area contributed by atoms with Gasteiger partial charge in [-0.1, -0.05) is 0 Å². The van der Waals surface area contributed by atoms with Crippen molar-refractivity contribution in [3.63, 3.8) is 0 Å². The van der Waals surface area contributed by atoms with Crippen molar-refractivity contribution in [1.82, 2.24) is 25.3 Å². The van der Waals surface area contributed by atoms with E-state index in [1.165, 1.54) is 23.9 Å². The molecule has 1 saturated heterocycles. The molecule has 1 aliphatic rings. The molecule has 0 spiro atoms. The second kappa shape index (κ2) is 11.3. The van der Waals surface area contributed by atoms with Crippen molar-refractivity contribution in [2.24, 2.45) is 0 Å². The van der Waals surface area contributed by atoms with Gasteiger partial charge in [-0.15, -0.1) is 0 Å². The molecule has 0 saturated carbocycles. The van der Waals surface area contributed by atoms with Gasteiger partial charge in [0, 0.05) is 26.2 Å². The van der Waals surface area contributed by atoms with Gasteiger partial charge in [0.1, 0.15) is 23.7 Å². The van der Waals surface area contributed by atoms with Gasteiger partial charge >= 0.3 is 6.09 Å². The normalized spacial score (nSPS) is 16.4. The predicted octanol–water partition coefficient (Wildman–Crippen LogP) is 1.11. The van der Waals surface area contributed by atoms with Crippen molar-refractivity contribution in [2.45, 2.75) is 91.0 Å². The standard InChI is InChI=1S/C24H43N5O6/c1-22(2,3)26-19(32)16-12-11-13-29(16)20(33)24(7,8)25-17(30)14-27(9)18(31)15-28(10)21(34)35-23(4,5)6/h16H,11-15H2,1-10H3,(H,25,30)(H,26,32). The third kappa shape index (κ3) is 9.73. The Morgan fingerprint density at radius 2 is 1.46 bits per heavy atom. The summed E-state index contributed by atoms with van der Waals surface area (Å²) in [6.07, 6.45) is 0.603. The maximum absolute atomic E-state index is 13.2. The number of nitrogens with one attached hydrogen (secondary N) is 2. The average molecular weight is 498 g/mol. The van der Waals surface area contributed by atoms with Crippen molar-refractivity contribution >= 4 is 29.7 Å². The van der Waals surface area contributed by atoms with E-state index in [0.29, 0.717) is 19.4 Å². The maximum Gasteiger partial charge on any atom is 0.410 e. The van der Waals surface area contributed by atoms with Crippen LogP contribution in [0.4, 0.5) is 4.79 Å². The summed E-state index contributed by atoms with van der Waals surface area (Å²) in [7, 11) is 2.87. The molecule has 0 aliphatic carbocycles. The summed E-state index contributed by atoms with van der Waals surface area (Å²) < 4.78 is 5.22. The van der Waals surface area contributed by atoms with Crippen LogP contribution in [-0.4, -0.2) is 101 Å². The Bertz CT molecular complexity index is 827. The molecule has 0 aromatic rings. The van der Waals surface area contributed by atoms with E-state index >= 15 is 0 Å². The van der Waals surface area contributed by atoms with Crippen molar-refractivity contribution in [3.05, 3.63) is 0 Å². The van der Waals surface area contributed by atoms with Gasteiger partial charge in [-0.3, -0.25) is 19.2 Å². The van der Waals surface area contributed by atoms with Gasteiger partial charge < -0.3 is 30.1 Å². The Kier molecular flexibility index (Phi) is 9.71. The average Bonchev–Trinajstić information content (AvgIpc) is 3.13. The number of carbonyl (C=O) groups is 5. The van der Waals surface area contributed by atoms with E-state index in [0.717, 1.165) is 4.90 Å². The molecule has 200 valence electrons. The molecule has 1 fully saturated rings. The Morgan fingerprint density at radius 3 is 1.97 bits per heavy atom. The highest BCUT2D eigenvalue weighted by atomic mass is 16.6. The number of ether oxygens (including phenoxy) is 1. The molecule has 1 aliphatic heterocycles. The van der Waals surface area contributed by atoms with Crippen molar-refractivity contribution < 1.29 is 28.7 Å². The molecule has 0 bridgehead atoms. The molecule has 5 amide bonds. The first kappa shape index (κ1) is 30.2. The molecule has 35 heavy (non-hydrogen) atoms. The van der Waals surface area contributed by atoms with Crippen molar-refractivity contribution in [1.29, 1.82) is 0 Å². The number of hydrogen-bond acceptors (Lipinski definition) is 6. The number of hydrogen-bond donors (Lipinski definition) is 2. The van der Waals surface area contributed by atoms with E-state index in [9.17, 15) is 24.0 Å². The van der Waals surface area contributed by atoms with Gasteiger partial charge in [-0.05, 0) is 68.2 Å². The number of carbonyl (C=O) groups excluding carboxylic acids is 5. The van der Waals surface area contributed by atoms with E-state index in [1.54, 1.807) is 34.6 Å². The van der Waals surface area contributed by atoms with Gasteiger partial charge in [-0.25, -0.2) is 4.79 Å². The van der Waals surface area contributed by atoms with E-state index < -0.39 is 40.6 Å². The van der Waals surface area contributed by atoms with E-state index in [-0.39, 0.29) is 24.9 Å². The molecule has 1 atom stereocenters. The van der Waals surface area contributed by atoms with Crippen LogP contribution >= 0.6 is 0 Å². The van der Waals surface area contributed by atoms with Crippen LogP contribution < -0.4 is 10.6 Å². The number of likely N-dealkylation sites (tertiary alicyclic amines) is 1. The summed E-state index contributed by atoms with van der Waals surface area (Å²) in [6.45, 7) is 13.8. The molecular weight excluding hydrogens is 454 g/mol. The summed E-state index contributed by atoms with van der Waals surface area (Å²) in [5.74, 6) is -1.58. The second-order valence-electron chi connectivity index (χ2n) is 11.7. The molecule has 1 rings (SSSR count). The quantitative estimate of drug-likeness (QED) is 0.542. The lowest BCUT2D eigenvalue weighted by Gasteiger charge is -2.34. The molecule has 11 heteroatoms. The number of nitrogens with zero attached hydrogens (tertiary/aromatic N) is 3. The first-order valence-corrected chi connectivity index (χ1v) is 11.9. The smallest absolute Gasteiger partial charge is 0.410 e. The highest BCUT2D eigenvalue weighted by Crippen LogP contribution is 2.22. The zero-order valence-corrected chi connectivity index (χ0v) is 22.9. The van der Waals surface area contributed by atoms with Crippen LogP contribution in [0, 0.1) is 0 Å². The molecule has 0 aromatic heterocycles. The largest absolute Gasteiger partial charge is 0.444 e. The number of likely N-dealkylation sites (N-methyl/N-ethyl adjacent to an activating group) is 2. The Labute approximate surface area is 208 Å². The molecule has 1 heterocycles. The molecule has 0 radical (unpaired) electrons. The summed E-state index contributed by atoms with van der Waals surface area (Å²) in [5.41, 5.74) is -2.40. The van der Waals surface area contributed by atoms with Crippen LogP contribution in [0.3, 0.4) is 0 Å². The van der Waals surface area contributed by atoms with Crippen LogP contribution in [-0.2, 0) is 23.9 Å². The van der Waals surface area contributed by atoms with E-state index in [2.05, 4.69) is 10.6 Å². The molecule has 2 N–H and O–H groups in total. The third-order valence-electron chi connectivity index (χ3n) is 5.19. The Morgan fingerprint density at radius 1 is 0.886 bits per heavy atom. The Hall–Kier alpha value is -2.85. The van der Waals surface area contributed by atoms with Gasteiger partial charge in [0.05, 0.1) is 6.54 Å². The minimum Gasteiger partial charge on any atom is -0.444 e. The van der Waals surface area contributed by atoms with Gasteiger partial charge in [-0.2, -0.15) is 0 Å². The minimum atomic E-state index is -1.28. The monoisotopic (exact) mass is 497 g/mol. The first-order chi connectivity index (χ1) is 15.7. The number of rotatable bonds is 7. The molecule has 1 unspecified atom stereocenters. The Balaban J connectivity index is 2.71. The SMILES string of the molecule is CN(CC(=O)NC(C)(C)C(=O)N1CCCC1C(=O)NC(C)(C)C)C(=O)CN(C)C(=O)OC(C)(C)C. The maximum atomic E-state index is 13.2. The fourth-order valence-corrected chi connectivity index (χ4v) is 3.57. The van der Waals surface area contributed by atoms with Gasteiger partial charge in [0.15, 0.2) is 0 Å².